The fourth-order valence-electron chi connectivity index (χ4n) is 2.27. The maximum atomic E-state index is 5.00. The second-order valence-corrected chi connectivity index (χ2v) is 4.28. The van der Waals surface area contributed by atoms with E-state index < -0.39 is 0 Å². The van der Waals surface area contributed by atoms with E-state index in [9.17, 15) is 0 Å². The quantitative estimate of drug-likeness (QED) is 0.797. The van der Waals surface area contributed by atoms with E-state index in [-0.39, 0.29) is 0 Å². The predicted octanol–water partition coefficient (Wildman–Crippen LogP) is 0.686. The number of hydrogen-bond donors (Lipinski definition) is 1. The third-order valence-corrected chi connectivity index (χ3v) is 3.05. The molecule has 0 aromatic carbocycles. The second kappa shape index (κ2) is 5.96. The average molecular weight is 224 g/mol. The highest BCUT2D eigenvalue weighted by atomic mass is 16.5. The molecule has 1 aromatic heterocycles. The molecule has 0 aliphatic carbocycles. The molecule has 0 spiro atoms. The SMILES string of the molecule is CCNC1CCCN(CCc2ncno2)C1. The van der Waals surface area contributed by atoms with E-state index in [4.69, 9.17) is 4.52 Å². The van der Waals surface area contributed by atoms with Crippen LogP contribution in [0.3, 0.4) is 0 Å². The van der Waals surface area contributed by atoms with E-state index in [0.29, 0.717) is 6.04 Å². The Morgan fingerprint density at radius 2 is 2.56 bits per heavy atom. The summed E-state index contributed by atoms with van der Waals surface area (Å²) in [7, 11) is 0. The van der Waals surface area contributed by atoms with Crippen LogP contribution in [0, 0.1) is 0 Å². The van der Waals surface area contributed by atoms with E-state index >= 15 is 0 Å². The predicted molar refractivity (Wildman–Crippen MR) is 61.1 cm³/mol. The van der Waals surface area contributed by atoms with Crippen molar-refractivity contribution in [2.75, 3.05) is 26.2 Å². The number of nitrogens with one attached hydrogen (secondary N) is 1. The second-order valence-electron chi connectivity index (χ2n) is 4.28. The van der Waals surface area contributed by atoms with Crippen molar-refractivity contribution in [2.24, 2.45) is 0 Å². The maximum Gasteiger partial charge on any atom is 0.227 e. The van der Waals surface area contributed by atoms with Crippen LogP contribution in [0.1, 0.15) is 25.7 Å². The summed E-state index contributed by atoms with van der Waals surface area (Å²) in [5, 5.41) is 7.13. The Labute approximate surface area is 96.2 Å². The van der Waals surface area contributed by atoms with Crippen molar-refractivity contribution in [2.45, 2.75) is 32.2 Å². The summed E-state index contributed by atoms with van der Waals surface area (Å²) in [5.41, 5.74) is 0. The lowest BCUT2D eigenvalue weighted by molar-refractivity contribution is 0.188. The minimum Gasteiger partial charge on any atom is -0.340 e. The Hall–Kier alpha value is -0.940. The number of hydrogen-bond acceptors (Lipinski definition) is 5. The third kappa shape index (κ3) is 3.28. The van der Waals surface area contributed by atoms with Crippen LogP contribution in [-0.2, 0) is 6.42 Å². The van der Waals surface area contributed by atoms with Gasteiger partial charge >= 0.3 is 0 Å². The molecule has 5 nitrogen and oxygen atoms in total. The number of nitrogens with zero attached hydrogens (tertiary/aromatic N) is 3. The van der Waals surface area contributed by atoms with Crippen molar-refractivity contribution in [3.05, 3.63) is 12.2 Å². The molecule has 0 saturated carbocycles. The topological polar surface area (TPSA) is 54.2 Å². The molecule has 0 radical (unpaired) electrons. The van der Waals surface area contributed by atoms with E-state index in [1.165, 1.54) is 25.7 Å². The Balaban J connectivity index is 1.72. The van der Waals surface area contributed by atoms with Crippen molar-refractivity contribution in [3.63, 3.8) is 0 Å². The molecule has 1 saturated heterocycles. The van der Waals surface area contributed by atoms with E-state index in [1.807, 2.05) is 0 Å². The molecule has 1 N–H and O–H groups in total. The highest BCUT2D eigenvalue weighted by Gasteiger charge is 2.18. The molecule has 0 amide bonds. The number of aromatic nitrogens is 2. The van der Waals surface area contributed by atoms with Gasteiger partial charge in [-0.15, -0.1) is 0 Å². The summed E-state index contributed by atoms with van der Waals surface area (Å²) in [6.07, 6.45) is 4.90. The fourth-order valence-corrected chi connectivity index (χ4v) is 2.27. The van der Waals surface area contributed by atoms with Crippen LogP contribution >= 0.6 is 0 Å². The van der Waals surface area contributed by atoms with Gasteiger partial charge in [0.1, 0.15) is 0 Å². The van der Waals surface area contributed by atoms with Gasteiger partial charge in [-0.3, -0.25) is 0 Å². The lowest BCUT2D eigenvalue weighted by Crippen LogP contribution is -2.46. The lowest BCUT2D eigenvalue weighted by atomic mass is 10.1. The van der Waals surface area contributed by atoms with Gasteiger partial charge < -0.3 is 14.7 Å². The minimum absolute atomic E-state index is 0.654. The number of likely N-dealkylation sites (tertiary alicyclic amines) is 1. The summed E-state index contributed by atoms with van der Waals surface area (Å²) in [4.78, 5) is 6.51. The highest BCUT2D eigenvalue weighted by Crippen LogP contribution is 2.10. The molecule has 1 aromatic rings. The van der Waals surface area contributed by atoms with Gasteiger partial charge in [-0.05, 0) is 25.9 Å². The van der Waals surface area contributed by atoms with Crippen molar-refractivity contribution in [3.8, 4) is 0 Å². The van der Waals surface area contributed by atoms with E-state index in [1.54, 1.807) is 0 Å². The largest absolute Gasteiger partial charge is 0.340 e. The van der Waals surface area contributed by atoms with Gasteiger partial charge in [0.15, 0.2) is 6.33 Å². The summed E-state index contributed by atoms with van der Waals surface area (Å²) >= 11 is 0. The summed E-state index contributed by atoms with van der Waals surface area (Å²) in [6.45, 7) is 6.57. The van der Waals surface area contributed by atoms with Crippen LogP contribution < -0.4 is 5.32 Å². The molecule has 16 heavy (non-hydrogen) atoms. The first-order chi connectivity index (χ1) is 7.88. The normalized spacial score (nSPS) is 22.4. The van der Waals surface area contributed by atoms with Gasteiger partial charge in [-0.2, -0.15) is 4.98 Å². The molecule has 1 aliphatic rings. The van der Waals surface area contributed by atoms with Crippen LogP contribution in [-0.4, -0.2) is 47.3 Å². The highest BCUT2D eigenvalue weighted by molar-refractivity contribution is 4.81. The fraction of sp³-hybridized carbons (Fsp3) is 0.818. The van der Waals surface area contributed by atoms with Crippen molar-refractivity contribution in [1.29, 1.82) is 0 Å². The third-order valence-electron chi connectivity index (χ3n) is 3.05. The zero-order chi connectivity index (χ0) is 11.2. The first-order valence-electron chi connectivity index (χ1n) is 6.09. The van der Waals surface area contributed by atoms with Gasteiger partial charge in [-0.1, -0.05) is 12.1 Å². The van der Waals surface area contributed by atoms with Crippen LogP contribution in [0.4, 0.5) is 0 Å². The van der Waals surface area contributed by atoms with Gasteiger partial charge in [0, 0.05) is 25.6 Å². The molecule has 1 atom stereocenters. The van der Waals surface area contributed by atoms with Gasteiger partial charge in [0.05, 0.1) is 0 Å². The molecule has 1 aliphatic heterocycles. The zero-order valence-corrected chi connectivity index (χ0v) is 9.85. The summed E-state index contributed by atoms with van der Waals surface area (Å²) < 4.78 is 5.00. The monoisotopic (exact) mass is 224 g/mol. The first kappa shape index (κ1) is 11.5. The molecule has 1 unspecified atom stereocenters. The molecule has 5 heteroatoms. The lowest BCUT2D eigenvalue weighted by Gasteiger charge is -2.32. The molecule has 1 fully saturated rings. The van der Waals surface area contributed by atoms with E-state index in [0.717, 1.165) is 31.9 Å². The number of rotatable bonds is 5. The van der Waals surface area contributed by atoms with Crippen molar-refractivity contribution in [1.82, 2.24) is 20.4 Å². The standard InChI is InChI=1S/C11H20N4O/c1-2-12-10-4-3-6-15(8-10)7-5-11-13-9-14-16-11/h9-10,12H,2-8H2,1H3. The minimum atomic E-state index is 0.654. The van der Waals surface area contributed by atoms with Crippen molar-refractivity contribution >= 4 is 0 Å². The van der Waals surface area contributed by atoms with Gasteiger partial charge in [0.25, 0.3) is 0 Å². The van der Waals surface area contributed by atoms with Gasteiger partial charge in [0.2, 0.25) is 5.89 Å². The number of piperidine rings is 1. The summed E-state index contributed by atoms with van der Waals surface area (Å²) in [5.74, 6) is 0.741. The summed E-state index contributed by atoms with van der Waals surface area (Å²) in [6, 6.07) is 0.654. The molecule has 0 bridgehead atoms. The first-order valence-corrected chi connectivity index (χ1v) is 6.09. The molecule has 2 heterocycles. The Kier molecular flexibility index (Phi) is 4.30. The van der Waals surface area contributed by atoms with Crippen LogP contribution in [0.25, 0.3) is 0 Å². The smallest absolute Gasteiger partial charge is 0.227 e. The maximum absolute atomic E-state index is 5.00. The van der Waals surface area contributed by atoms with E-state index in [2.05, 4.69) is 27.3 Å². The average Bonchev–Trinajstić information content (AvgIpc) is 2.80. The van der Waals surface area contributed by atoms with Crippen LogP contribution in [0.5, 0.6) is 0 Å². The number of likely N-dealkylation sites (N-methyl/N-ethyl adjacent to an activating group) is 1. The van der Waals surface area contributed by atoms with Gasteiger partial charge in [-0.25, -0.2) is 0 Å². The Morgan fingerprint density at radius 3 is 3.31 bits per heavy atom. The zero-order valence-electron chi connectivity index (χ0n) is 9.85. The molecular formula is C11H20N4O. The molecular weight excluding hydrogens is 204 g/mol. The Bertz CT molecular complexity index is 286. The van der Waals surface area contributed by atoms with Crippen molar-refractivity contribution < 1.29 is 4.52 Å². The Morgan fingerprint density at radius 1 is 1.62 bits per heavy atom. The van der Waals surface area contributed by atoms with Crippen LogP contribution in [0.15, 0.2) is 10.9 Å². The molecule has 90 valence electrons. The molecule has 2 rings (SSSR count). The van der Waals surface area contributed by atoms with Crippen LogP contribution in [0.2, 0.25) is 0 Å².